The standard InChI is InChI=1S/C20H20O6/c1-25-17-8-12(3-5-15(17)23)18-14(10-22)13(9-21)7-11-4-6-16(24)20(26-2)19(11)18/h3-9,14,18,22-24H,10H2,1-2H3/t14-,18?/m0/s1. The van der Waals surface area contributed by atoms with E-state index in [0.717, 1.165) is 17.4 Å². The fourth-order valence-corrected chi connectivity index (χ4v) is 3.56. The van der Waals surface area contributed by atoms with Gasteiger partial charge < -0.3 is 24.8 Å². The van der Waals surface area contributed by atoms with Crippen molar-refractivity contribution < 1.29 is 29.6 Å². The Labute approximate surface area is 150 Å². The first kappa shape index (κ1) is 17.8. The molecule has 6 nitrogen and oxygen atoms in total. The molecule has 1 unspecified atom stereocenters. The van der Waals surface area contributed by atoms with Crippen molar-refractivity contribution in [3.63, 3.8) is 0 Å². The predicted molar refractivity (Wildman–Crippen MR) is 95.8 cm³/mol. The molecule has 0 amide bonds. The van der Waals surface area contributed by atoms with Crippen LogP contribution in [0, 0.1) is 5.92 Å². The molecule has 0 aromatic heterocycles. The largest absolute Gasteiger partial charge is 0.504 e. The minimum absolute atomic E-state index is 0.0122. The maximum absolute atomic E-state index is 11.6. The van der Waals surface area contributed by atoms with Gasteiger partial charge in [0, 0.05) is 17.4 Å². The summed E-state index contributed by atoms with van der Waals surface area (Å²) >= 11 is 0. The lowest BCUT2D eigenvalue weighted by molar-refractivity contribution is -0.105. The van der Waals surface area contributed by atoms with Gasteiger partial charge >= 0.3 is 0 Å². The minimum atomic E-state index is -0.523. The number of benzene rings is 2. The molecule has 2 atom stereocenters. The van der Waals surface area contributed by atoms with E-state index in [2.05, 4.69) is 0 Å². The SMILES string of the molecule is COc1cc(C2c3c(ccc(O)c3OC)C=C(C=O)[C@@H]2CO)ccc1O. The van der Waals surface area contributed by atoms with Gasteiger partial charge in [-0.25, -0.2) is 0 Å². The number of phenolic OH excluding ortho intramolecular Hbond substituents is 2. The highest BCUT2D eigenvalue weighted by molar-refractivity contribution is 5.86. The van der Waals surface area contributed by atoms with Crippen LogP contribution in [0.2, 0.25) is 0 Å². The second-order valence-corrected chi connectivity index (χ2v) is 6.08. The number of rotatable bonds is 5. The van der Waals surface area contributed by atoms with Gasteiger partial charge in [0.25, 0.3) is 0 Å². The maximum Gasteiger partial charge on any atom is 0.164 e. The third-order valence-electron chi connectivity index (χ3n) is 4.77. The normalized spacial score (nSPS) is 18.7. The lowest BCUT2D eigenvalue weighted by Crippen LogP contribution is -2.25. The van der Waals surface area contributed by atoms with Crippen molar-refractivity contribution in [2.45, 2.75) is 5.92 Å². The molecule has 0 heterocycles. The van der Waals surface area contributed by atoms with Crippen molar-refractivity contribution in [2.75, 3.05) is 20.8 Å². The minimum Gasteiger partial charge on any atom is -0.504 e. The van der Waals surface area contributed by atoms with Gasteiger partial charge in [-0.2, -0.15) is 0 Å². The Hall–Kier alpha value is -2.99. The molecule has 3 N–H and O–H groups in total. The number of aliphatic hydroxyl groups excluding tert-OH is 1. The summed E-state index contributed by atoms with van der Waals surface area (Å²) < 4.78 is 10.6. The van der Waals surface area contributed by atoms with Crippen LogP contribution < -0.4 is 9.47 Å². The molecule has 26 heavy (non-hydrogen) atoms. The van der Waals surface area contributed by atoms with Crippen molar-refractivity contribution >= 4 is 12.4 Å². The third kappa shape index (κ3) is 2.78. The van der Waals surface area contributed by atoms with E-state index >= 15 is 0 Å². The monoisotopic (exact) mass is 356 g/mol. The molecule has 0 spiro atoms. The highest BCUT2D eigenvalue weighted by atomic mass is 16.5. The zero-order chi connectivity index (χ0) is 18.8. The first-order valence-electron chi connectivity index (χ1n) is 8.10. The van der Waals surface area contributed by atoms with Crippen LogP contribution >= 0.6 is 0 Å². The summed E-state index contributed by atoms with van der Waals surface area (Å²) in [5.41, 5.74) is 2.56. The molecule has 1 aliphatic carbocycles. The number of carbonyl (C=O) groups is 1. The van der Waals surface area contributed by atoms with Crippen LogP contribution in [0.5, 0.6) is 23.0 Å². The molecular weight excluding hydrogens is 336 g/mol. The van der Waals surface area contributed by atoms with Gasteiger partial charge in [0.15, 0.2) is 23.0 Å². The predicted octanol–water partition coefficient (Wildman–Crippen LogP) is 2.45. The average Bonchev–Trinajstić information content (AvgIpc) is 2.67. The molecule has 0 radical (unpaired) electrons. The lowest BCUT2D eigenvalue weighted by Gasteiger charge is -2.33. The molecule has 2 aromatic rings. The van der Waals surface area contributed by atoms with Crippen molar-refractivity contribution in [3.05, 3.63) is 52.6 Å². The number of hydrogen-bond donors (Lipinski definition) is 3. The van der Waals surface area contributed by atoms with Gasteiger partial charge in [-0.3, -0.25) is 4.79 Å². The second kappa shape index (κ2) is 7.09. The molecule has 0 fully saturated rings. The van der Waals surface area contributed by atoms with E-state index in [9.17, 15) is 20.1 Å². The summed E-state index contributed by atoms with van der Waals surface area (Å²) in [6.07, 6.45) is 2.42. The number of methoxy groups -OCH3 is 2. The Morgan fingerprint density at radius 2 is 1.81 bits per heavy atom. The Morgan fingerprint density at radius 1 is 1.08 bits per heavy atom. The van der Waals surface area contributed by atoms with Crippen LogP contribution in [0.4, 0.5) is 0 Å². The highest BCUT2D eigenvalue weighted by Gasteiger charge is 2.36. The molecule has 136 valence electrons. The Morgan fingerprint density at radius 3 is 2.42 bits per heavy atom. The molecule has 6 heteroatoms. The molecule has 0 saturated carbocycles. The third-order valence-corrected chi connectivity index (χ3v) is 4.77. The van der Waals surface area contributed by atoms with E-state index in [-0.39, 0.29) is 23.9 Å². The van der Waals surface area contributed by atoms with Crippen molar-refractivity contribution in [2.24, 2.45) is 5.92 Å². The summed E-state index contributed by atoms with van der Waals surface area (Å²) in [5.74, 6) is -0.452. The van der Waals surface area contributed by atoms with Crippen molar-refractivity contribution in [3.8, 4) is 23.0 Å². The van der Waals surface area contributed by atoms with Crippen molar-refractivity contribution in [1.82, 2.24) is 0 Å². The zero-order valence-corrected chi connectivity index (χ0v) is 14.5. The molecule has 0 saturated heterocycles. The van der Waals surface area contributed by atoms with E-state index in [1.807, 2.05) is 0 Å². The molecule has 0 aliphatic heterocycles. The molecular formula is C20H20O6. The molecule has 2 aromatic carbocycles. The number of aldehydes is 1. The number of aliphatic hydroxyl groups is 1. The number of fused-ring (bicyclic) bond motifs is 1. The molecule has 0 bridgehead atoms. The van der Waals surface area contributed by atoms with Gasteiger partial charge in [0.1, 0.15) is 6.29 Å². The summed E-state index contributed by atoms with van der Waals surface area (Å²) in [4.78, 5) is 11.6. The van der Waals surface area contributed by atoms with E-state index < -0.39 is 11.8 Å². The zero-order valence-electron chi connectivity index (χ0n) is 14.5. The molecule has 1 aliphatic rings. The Kier molecular flexibility index (Phi) is 4.86. The lowest BCUT2D eigenvalue weighted by atomic mass is 9.71. The number of phenols is 2. The number of carbonyl (C=O) groups excluding carboxylic acids is 1. The number of aromatic hydroxyl groups is 2. The van der Waals surface area contributed by atoms with Gasteiger partial charge in [-0.15, -0.1) is 0 Å². The van der Waals surface area contributed by atoms with Crippen LogP contribution in [0.25, 0.3) is 6.08 Å². The van der Waals surface area contributed by atoms with E-state index in [0.29, 0.717) is 16.9 Å². The van der Waals surface area contributed by atoms with Crippen LogP contribution in [-0.4, -0.2) is 42.4 Å². The van der Waals surface area contributed by atoms with E-state index in [4.69, 9.17) is 9.47 Å². The fraction of sp³-hybridized carbons (Fsp3) is 0.250. The average molecular weight is 356 g/mol. The van der Waals surface area contributed by atoms with Gasteiger partial charge in [0.05, 0.1) is 20.8 Å². The molecule has 3 rings (SSSR count). The van der Waals surface area contributed by atoms with Crippen molar-refractivity contribution in [1.29, 1.82) is 0 Å². The van der Waals surface area contributed by atoms with Crippen LogP contribution in [-0.2, 0) is 4.79 Å². The first-order valence-corrected chi connectivity index (χ1v) is 8.10. The van der Waals surface area contributed by atoms with Gasteiger partial charge in [-0.1, -0.05) is 12.1 Å². The fourth-order valence-electron chi connectivity index (χ4n) is 3.56. The summed E-state index contributed by atoms with van der Waals surface area (Å²) in [5, 5.41) is 30.1. The second-order valence-electron chi connectivity index (χ2n) is 6.08. The van der Waals surface area contributed by atoms with E-state index in [1.54, 1.807) is 24.3 Å². The van der Waals surface area contributed by atoms with Crippen LogP contribution in [0.1, 0.15) is 22.6 Å². The summed E-state index contributed by atoms with van der Waals surface area (Å²) in [6, 6.07) is 8.06. The number of hydrogen-bond acceptors (Lipinski definition) is 6. The quantitative estimate of drug-likeness (QED) is 0.712. The van der Waals surface area contributed by atoms with E-state index in [1.165, 1.54) is 26.4 Å². The van der Waals surface area contributed by atoms with Crippen LogP contribution in [0.3, 0.4) is 0 Å². The van der Waals surface area contributed by atoms with Gasteiger partial charge in [-0.05, 0) is 41.0 Å². The first-order chi connectivity index (χ1) is 12.5. The van der Waals surface area contributed by atoms with Gasteiger partial charge in [0.2, 0.25) is 0 Å². The number of ether oxygens (including phenoxy) is 2. The Bertz CT molecular complexity index is 871. The maximum atomic E-state index is 11.6. The Balaban J connectivity index is 2.30. The highest BCUT2D eigenvalue weighted by Crippen LogP contribution is 2.49. The topological polar surface area (TPSA) is 96.2 Å². The van der Waals surface area contributed by atoms with Crippen LogP contribution in [0.15, 0.2) is 35.9 Å². The smallest absolute Gasteiger partial charge is 0.164 e. The summed E-state index contributed by atoms with van der Waals surface area (Å²) in [7, 11) is 2.90. The summed E-state index contributed by atoms with van der Waals surface area (Å²) in [6.45, 7) is -0.267.